The zero-order valence-corrected chi connectivity index (χ0v) is 11.4. The number of aliphatic hydroxyl groups is 1. The molecule has 104 valence electrons. The van der Waals surface area contributed by atoms with Crippen LogP contribution in [-0.4, -0.2) is 11.4 Å². The van der Waals surface area contributed by atoms with Gasteiger partial charge in [-0.05, 0) is 34.0 Å². The normalized spacial score (nSPS) is 12.2. The molecule has 3 heteroatoms. The molecule has 3 nitrogen and oxygen atoms in total. The van der Waals surface area contributed by atoms with Crippen molar-refractivity contribution in [2.24, 2.45) is 0 Å². The third-order valence-electron chi connectivity index (χ3n) is 3.64. The number of hydrogen-bond donors (Lipinski definition) is 2. The maximum absolute atomic E-state index is 11.1. The highest BCUT2D eigenvalue weighted by molar-refractivity contribution is 5.99. The fraction of sp³-hybridized carbons (Fsp3) is 0.0556. The van der Waals surface area contributed by atoms with Gasteiger partial charge in [-0.1, -0.05) is 48.5 Å². The number of anilines is 1. The van der Waals surface area contributed by atoms with Gasteiger partial charge in [-0.25, -0.2) is 0 Å². The van der Waals surface area contributed by atoms with Crippen molar-refractivity contribution in [2.75, 3.05) is 5.73 Å². The highest BCUT2D eigenvalue weighted by Crippen LogP contribution is 2.31. The summed E-state index contributed by atoms with van der Waals surface area (Å²) < 4.78 is 0. The van der Waals surface area contributed by atoms with Crippen LogP contribution in [0, 0.1) is 0 Å². The summed E-state index contributed by atoms with van der Waals surface area (Å²) in [4.78, 5) is 11.1. The first kappa shape index (κ1) is 13.3. The Hall–Kier alpha value is -2.65. The van der Waals surface area contributed by atoms with E-state index in [-0.39, 0.29) is 0 Å². The molecule has 0 amide bonds. The van der Waals surface area contributed by atoms with E-state index in [2.05, 4.69) is 0 Å². The Morgan fingerprint density at radius 3 is 2.43 bits per heavy atom. The van der Waals surface area contributed by atoms with Crippen molar-refractivity contribution in [3.05, 3.63) is 77.4 Å². The van der Waals surface area contributed by atoms with Gasteiger partial charge in [0.2, 0.25) is 0 Å². The SMILES string of the molecule is Nc1cccc(C(O)c2ccc(C=O)c3ccccc23)c1. The molecule has 0 heterocycles. The number of carbonyl (C=O) groups is 1. The van der Waals surface area contributed by atoms with Crippen LogP contribution >= 0.6 is 0 Å². The summed E-state index contributed by atoms with van der Waals surface area (Å²) in [6.07, 6.45) is 0.0537. The van der Waals surface area contributed by atoms with Gasteiger partial charge < -0.3 is 10.8 Å². The Kier molecular flexibility index (Phi) is 3.42. The highest BCUT2D eigenvalue weighted by Gasteiger charge is 2.15. The van der Waals surface area contributed by atoms with Crippen LogP contribution in [0.15, 0.2) is 60.7 Å². The molecule has 0 bridgehead atoms. The minimum Gasteiger partial charge on any atom is -0.399 e. The van der Waals surface area contributed by atoms with E-state index in [9.17, 15) is 9.90 Å². The lowest BCUT2D eigenvalue weighted by molar-refractivity contribution is 0.112. The summed E-state index contributed by atoms with van der Waals surface area (Å²) in [5.41, 5.74) is 8.51. The summed E-state index contributed by atoms with van der Waals surface area (Å²) in [5.74, 6) is 0. The Labute approximate surface area is 122 Å². The quantitative estimate of drug-likeness (QED) is 0.570. The largest absolute Gasteiger partial charge is 0.399 e. The van der Waals surface area contributed by atoms with Crippen LogP contribution < -0.4 is 5.73 Å². The Balaban J connectivity index is 2.19. The lowest BCUT2D eigenvalue weighted by atomic mass is 9.93. The third-order valence-corrected chi connectivity index (χ3v) is 3.64. The van der Waals surface area contributed by atoms with Crippen LogP contribution in [0.5, 0.6) is 0 Å². The van der Waals surface area contributed by atoms with E-state index >= 15 is 0 Å². The number of carbonyl (C=O) groups excluding carboxylic acids is 1. The van der Waals surface area contributed by atoms with Gasteiger partial charge in [-0.15, -0.1) is 0 Å². The second kappa shape index (κ2) is 5.38. The van der Waals surface area contributed by atoms with Crippen molar-refractivity contribution in [1.29, 1.82) is 0 Å². The number of benzene rings is 3. The molecular weight excluding hydrogens is 262 g/mol. The van der Waals surface area contributed by atoms with E-state index < -0.39 is 6.10 Å². The molecule has 3 aromatic carbocycles. The van der Waals surface area contributed by atoms with Crippen molar-refractivity contribution in [3.8, 4) is 0 Å². The molecule has 3 rings (SSSR count). The fourth-order valence-electron chi connectivity index (χ4n) is 2.60. The fourth-order valence-corrected chi connectivity index (χ4v) is 2.60. The predicted molar refractivity (Wildman–Crippen MR) is 84.3 cm³/mol. The van der Waals surface area contributed by atoms with Crippen molar-refractivity contribution in [2.45, 2.75) is 6.10 Å². The number of fused-ring (bicyclic) bond motifs is 1. The molecule has 0 spiro atoms. The van der Waals surface area contributed by atoms with Crippen molar-refractivity contribution >= 4 is 22.7 Å². The molecule has 21 heavy (non-hydrogen) atoms. The molecule has 0 saturated carbocycles. The molecular formula is C18H15NO2. The van der Waals surface area contributed by atoms with Gasteiger partial charge in [-0.2, -0.15) is 0 Å². The van der Waals surface area contributed by atoms with E-state index in [0.29, 0.717) is 11.3 Å². The number of aldehydes is 1. The molecule has 0 aliphatic heterocycles. The lowest BCUT2D eigenvalue weighted by Gasteiger charge is -2.15. The predicted octanol–water partition coefficient (Wildman–Crippen LogP) is 3.32. The smallest absolute Gasteiger partial charge is 0.150 e. The summed E-state index contributed by atoms with van der Waals surface area (Å²) in [5, 5.41) is 12.3. The minimum absolute atomic E-state index is 0.611. The maximum atomic E-state index is 11.1. The molecule has 3 N–H and O–H groups in total. The maximum Gasteiger partial charge on any atom is 0.150 e. The minimum atomic E-state index is -0.779. The van der Waals surface area contributed by atoms with Gasteiger partial charge in [0.25, 0.3) is 0 Å². The van der Waals surface area contributed by atoms with E-state index in [4.69, 9.17) is 5.73 Å². The standard InChI is InChI=1S/C18H15NO2/c19-14-5-3-4-12(10-14)18(21)17-9-8-13(11-20)15-6-1-2-7-16(15)17/h1-11,18,21H,19H2. The van der Waals surface area contributed by atoms with Gasteiger partial charge in [0, 0.05) is 11.3 Å². The van der Waals surface area contributed by atoms with Gasteiger partial charge in [0.05, 0.1) is 0 Å². The first-order valence-electron chi connectivity index (χ1n) is 6.71. The lowest BCUT2D eigenvalue weighted by Crippen LogP contribution is -2.02. The first-order valence-corrected chi connectivity index (χ1v) is 6.71. The molecule has 1 unspecified atom stereocenters. The number of nitrogens with two attached hydrogens (primary N) is 1. The first-order chi connectivity index (χ1) is 10.2. The van der Waals surface area contributed by atoms with E-state index in [1.807, 2.05) is 36.4 Å². The summed E-state index contributed by atoms with van der Waals surface area (Å²) in [6.45, 7) is 0. The van der Waals surface area contributed by atoms with Crippen LogP contribution in [0.2, 0.25) is 0 Å². The second-order valence-electron chi connectivity index (χ2n) is 4.98. The number of hydrogen-bond acceptors (Lipinski definition) is 3. The van der Waals surface area contributed by atoms with Crippen LogP contribution in [0.3, 0.4) is 0 Å². The average Bonchev–Trinajstić information content (AvgIpc) is 2.53. The monoisotopic (exact) mass is 277 g/mol. The summed E-state index contributed by atoms with van der Waals surface area (Å²) in [7, 11) is 0. The molecule has 1 atom stereocenters. The number of aliphatic hydroxyl groups excluding tert-OH is 1. The Morgan fingerprint density at radius 2 is 1.71 bits per heavy atom. The third kappa shape index (κ3) is 2.39. The summed E-state index contributed by atoms with van der Waals surface area (Å²) >= 11 is 0. The summed E-state index contributed by atoms with van der Waals surface area (Å²) in [6, 6.07) is 18.3. The van der Waals surface area contributed by atoms with Crippen molar-refractivity contribution in [3.63, 3.8) is 0 Å². The van der Waals surface area contributed by atoms with Crippen LogP contribution in [0.25, 0.3) is 10.8 Å². The van der Waals surface area contributed by atoms with Gasteiger partial charge in [-0.3, -0.25) is 4.79 Å². The van der Waals surface area contributed by atoms with E-state index in [1.54, 1.807) is 24.3 Å². The van der Waals surface area contributed by atoms with Crippen LogP contribution in [-0.2, 0) is 0 Å². The topological polar surface area (TPSA) is 63.3 Å². The number of nitrogen functional groups attached to an aromatic ring is 1. The highest BCUT2D eigenvalue weighted by atomic mass is 16.3. The number of rotatable bonds is 3. The molecule has 0 radical (unpaired) electrons. The zero-order valence-electron chi connectivity index (χ0n) is 11.4. The zero-order chi connectivity index (χ0) is 14.8. The van der Waals surface area contributed by atoms with Crippen LogP contribution in [0.1, 0.15) is 27.6 Å². The van der Waals surface area contributed by atoms with Crippen molar-refractivity contribution in [1.82, 2.24) is 0 Å². The molecule has 0 aromatic heterocycles. The van der Waals surface area contributed by atoms with Gasteiger partial charge in [0.1, 0.15) is 6.10 Å². The average molecular weight is 277 g/mol. The molecule has 0 aliphatic carbocycles. The van der Waals surface area contributed by atoms with Gasteiger partial charge >= 0.3 is 0 Å². The Morgan fingerprint density at radius 1 is 0.952 bits per heavy atom. The van der Waals surface area contributed by atoms with Crippen molar-refractivity contribution < 1.29 is 9.90 Å². The molecule has 0 fully saturated rings. The molecule has 3 aromatic rings. The molecule has 0 saturated heterocycles. The second-order valence-corrected chi connectivity index (χ2v) is 4.98. The Bertz CT molecular complexity index is 811. The van der Waals surface area contributed by atoms with Gasteiger partial charge in [0.15, 0.2) is 6.29 Å². The molecule has 0 aliphatic rings. The van der Waals surface area contributed by atoms with E-state index in [0.717, 1.165) is 28.2 Å². The van der Waals surface area contributed by atoms with Crippen LogP contribution in [0.4, 0.5) is 5.69 Å². The van der Waals surface area contributed by atoms with E-state index in [1.165, 1.54) is 0 Å².